The number of thiophene rings is 1. The van der Waals surface area contributed by atoms with E-state index in [0.717, 1.165) is 29.2 Å². The second-order valence-corrected chi connectivity index (χ2v) is 8.95. The van der Waals surface area contributed by atoms with Gasteiger partial charge in [-0.15, -0.1) is 11.3 Å². The van der Waals surface area contributed by atoms with E-state index in [9.17, 15) is 9.59 Å². The van der Waals surface area contributed by atoms with Crippen LogP contribution in [-0.4, -0.2) is 48.9 Å². The van der Waals surface area contributed by atoms with Gasteiger partial charge in [-0.05, 0) is 73.3 Å². The molecule has 2 N–H and O–H groups in total. The molecule has 2 heterocycles. The Kier molecular flexibility index (Phi) is 7.71. The van der Waals surface area contributed by atoms with Gasteiger partial charge in [-0.1, -0.05) is 6.92 Å². The average molecular weight is 416 g/mol. The smallest absolute Gasteiger partial charge is 0.262 e. The average Bonchev–Trinajstić information content (AvgIpc) is 2.98. The SMILES string of the molecule is CC1CCCN(CCCNC(=O)C(C)NC(=O)c2ccc(Br)s2)C1. The fraction of sp³-hybridized carbons (Fsp3) is 0.647. The maximum Gasteiger partial charge on any atom is 0.262 e. The number of halogens is 1. The zero-order valence-electron chi connectivity index (χ0n) is 14.3. The van der Waals surface area contributed by atoms with E-state index in [0.29, 0.717) is 11.4 Å². The third kappa shape index (κ3) is 6.18. The normalized spacial score (nSPS) is 19.7. The molecule has 2 atom stereocenters. The molecular weight excluding hydrogens is 390 g/mol. The van der Waals surface area contributed by atoms with Crippen molar-refractivity contribution in [2.24, 2.45) is 5.92 Å². The summed E-state index contributed by atoms with van der Waals surface area (Å²) in [6, 6.07) is 3.04. The van der Waals surface area contributed by atoms with Gasteiger partial charge in [0.25, 0.3) is 5.91 Å². The molecule has 1 fully saturated rings. The van der Waals surface area contributed by atoms with E-state index in [-0.39, 0.29) is 11.8 Å². The second kappa shape index (κ2) is 9.53. The van der Waals surface area contributed by atoms with E-state index in [1.54, 1.807) is 13.0 Å². The minimum atomic E-state index is -0.534. The van der Waals surface area contributed by atoms with E-state index in [1.807, 2.05) is 6.07 Å². The fourth-order valence-electron chi connectivity index (χ4n) is 2.93. The lowest BCUT2D eigenvalue weighted by Crippen LogP contribution is -2.45. The van der Waals surface area contributed by atoms with Gasteiger partial charge in [0.2, 0.25) is 5.91 Å². The molecule has 24 heavy (non-hydrogen) atoms. The maximum absolute atomic E-state index is 12.1. The van der Waals surface area contributed by atoms with Gasteiger partial charge in [0, 0.05) is 13.1 Å². The molecule has 7 heteroatoms. The van der Waals surface area contributed by atoms with E-state index < -0.39 is 6.04 Å². The Hall–Kier alpha value is -0.920. The molecular formula is C17H26BrN3O2S. The summed E-state index contributed by atoms with van der Waals surface area (Å²) in [5, 5.41) is 5.64. The minimum Gasteiger partial charge on any atom is -0.354 e. The largest absolute Gasteiger partial charge is 0.354 e. The summed E-state index contributed by atoms with van der Waals surface area (Å²) in [5.41, 5.74) is 0. The van der Waals surface area contributed by atoms with Crippen molar-refractivity contribution in [3.8, 4) is 0 Å². The molecule has 2 unspecified atom stereocenters. The molecule has 1 aromatic heterocycles. The Morgan fingerprint density at radius 1 is 1.46 bits per heavy atom. The van der Waals surface area contributed by atoms with Gasteiger partial charge in [0.15, 0.2) is 0 Å². The third-order valence-corrected chi connectivity index (χ3v) is 5.85. The monoisotopic (exact) mass is 415 g/mol. The number of rotatable bonds is 7. The topological polar surface area (TPSA) is 61.4 Å². The summed E-state index contributed by atoms with van der Waals surface area (Å²) in [6.07, 6.45) is 3.54. The van der Waals surface area contributed by atoms with E-state index >= 15 is 0 Å². The van der Waals surface area contributed by atoms with Crippen LogP contribution in [0.25, 0.3) is 0 Å². The predicted octanol–water partition coefficient (Wildman–Crippen LogP) is 2.87. The quantitative estimate of drug-likeness (QED) is 0.672. The lowest BCUT2D eigenvalue weighted by atomic mass is 10.0. The Morgan fingerprint density at radius 3 is 2.92 bits per heavy atom. The zero-order valence-corrected chi connectivity index (χ0v) is 16.7. The number of piperidine rings is 1. The van der Waals surface area contributed by atoms with Crippen LogP contribution in [0.1, 0.15) is 42.8 Å². The summed E-state index contributed by atoms with van der Waals surface area (Å²) in [6.45, 7) is 8.01. The van der Waals surface area contributed by atoms with Crippen molar-refractivity contribution in [2.45, 2.75) is 39.2 Å². The van der Waals surface area contributed by atoms with Crippen LogP contribution in [0.5, 0.6) is 0 Å². The van der Waals surface area contributed by atoms with Crippen molar-refractivity contribution in [3.05, 3.63) is 20.8 Å². The van der Waals surface area contributed by atoms with Gasteiger partial charge < -0.3 is 15.5 Å². The molecule has 1 aliphatic rings. The summed E-state index contributed by atoms with van der Waals surface area (Å²) in [5.74, 6) is 0.433. The minimum absolute atomic E-state index is 0.133. The van der Waals surface area contributed by atoms with Gasteiger partial charge in [-0.3, -0.25) is 9.59 Å². The van der Waals surface area contributed by atoms with Gasteiger partial charge in [-0.2, -0.15) is 0 Å². The summed E-state index contributed by atoms with van der Waals surface area (Å²) < 4.78 is 0.900. The number of amides is 2. The number of likely N-dealkylation sites (tertiary alicyclic amines) is 1. The second-order valence-electron chi connectivity index (χ2n) is 6.49. The van der Waals surface area contributed by atoms with Crippen LogP contribution in [0, 0.1) is 5.92 Å². The van der Waals surface area contributed by atoms with E-state index in [2.05, 4.69) is 38.4 Å². The predicted molar refractivity (Wildman–Crippen MR) is 101 cm³/mol. The van der Waals surface area contributed by atoms with Gasteiger partial charge >= 0.3 is 0 Å². The summed E-state index contributed by atoms with van der Waals surface area (Å²) >= 11 is 4.68. The first kappa shape index (κ1) is 19.4. The van der Waals surface area contributed by atoms with Crippen LogP contribution in [0.15, 0.2) is 15.9 Å². The molecule has 1 aromatic rings. The highest BCUT2D eigenvalue weighted by molar-refractivity contribution is 9.11. The molecule has 134 valence electrons. The van der Waals surface area contributed by atoms with Crippen molar-refractivity contribution >= 4 is 39.1 Å². The molecule has 0 aromatic carbocycles. The molecule has 0 bridgehead atoms. The number of hydrogen-bond donors (Lipinski definition) is 2. The molecule has 2 rings (SSSR count). The number of hydrogen-bond acceptors (Lipinski definition) is 4. The van der Waals surface area contributed by atoms with E-state index in [1.165, 1.54) is 30.7 Å². The summed E-state index contributed by atoms with van der Waals surface area (Å²) in [7, 11) is 0. The molecule has 0 aliphatic carbocycles. The first-order chi connectivity index (χ1) is 11.5. The van der Waals surface area contributed by atoms with Crippen LogP contribution in [0.4, 0.5) is 0 Å². The van der Waals surface area contributed by atoms with Gasteiger partial charge in [0.1, 0.15) is 6.04 Å². The first-order valence-electron chi connectivity index (χ1n) is 8.52. The highest BCUT2D eigenvalue weighted by atomic mass is 79.9. The van der Waals surface area contributed by atoms with Crippen LogP contribution in [0.2, 0.25) is 0 Å². The van der Waals surface area contributed by atoms with Crippen molar-refractivity contribution < 1.29 is 9.59 Å². The van der Waals surface area contributed by atoms with Crippen molar-refractivity contribution in [1.29, 1.82) is 0 Å². The van der Waals surface area contributed by atoms with Crippen LogP contribution < -0.4 is 10.6 Å². The molecule has 5 nitrogen and oxygen atoms in total. The molecule has 2 amide bonds. The Labute approximate surface area is 156 Å². The van der Waals surface area contributed by atoms with Gasteiger partial charge in [-0.25, -0.2) is 0 Å². The lowest BCUT2D eigenvalue weighted by molar-refractivity contribution is -0.122. The zero-order chi connectivity index (χ0) is 17.5. The lowest BCUT2D eigenvalue weighted by Gasteiger charge is -2.30. The molecule has 1 aliphatic heterocycles. The maximum atomic E-state index is 12.1. The number of nitrogens with zero attached hydrogens (tertiary/aromatic N) is 1. The van der Waals surface area contributed by atoms with Crippen LogP contribution in [-0.2, 0) is 4.79 Å². The fourth-order valence-corrected chi connectivity index (χ4v) is 4.22. The molecule has 0 saturated carbocycles. The van der Waals surface area contributed by atoms with Crippen LogP contribution >= 0.6 is 27.3 Å². The Balaban J connectivity index is 1.63. The Bertz CT molecular complexity index is 564. The first-order valence-corrected chi connectivity index (χ1v) is 10.1. The molecule has 1 saturated heterocycles. The molecule has 0 radical (unpaired) electrons. The van der Waals surface area contributed by atoms with E-state index in [4.69, 9.17) is 0 Å². The van der Waals surface area contributed by atoms with Gasteiger partial charge in [0.05, 0.1) is 8.66 Å². The number of carbonyl (C=O) groups is 2. The standard InChI is InChI=1S/C17H26BrN3O2S/c1-12-5-3-9-21(11-12)10-4-8-19-16(22)13(2)20-17(23)14-6-7-15(18)24-14/h6-7,12-13H,3-5,8-11H2,1-2H3,(H,19,22)(H,20,23). The van der Waals surface area contributed by atoms with Crippen LogP contribution in [0.3, 0.4) is 0 Å². The van der Waals surface area contributed by atoms with Crippen molar-refractivity contribution in [2.75, 3.05) is 26.2 Å². The molecule has 0 spiro atoms. The number of carbonyl (C=O) groups excluding carboxylic acids is 2. The number of nitrogens with one attached hydrogen (secondary N) is 2. The Morgan fingerprint density at radius 2 is 2.25 bits per heavy atom. The van der Waals surface area contributed by atoms with Crippen molar-refractivity contribution in [3.63, 3.8) is 0 Å². The summed E-state index contributed by atoms with van der Waals surface area (Å²) in [4.78, 5) is 27.2. The highest BCUT2D eigenvalue weighted by Gasteiger charge is 2.18. The van der Waals surface area contributed by atoms with Crippen molar-refractivity contribution in [1.82, 2.24) is 15.5 Å². The third-order valence-electron chi connectivity index (χ3n) is 4.23. The highest BCUT2D eigenvalue weighted by Crippen LogP contribution is 2.21.